The average molecular weight is 494 g/mol. The number of hydrogen-bond acceptors (Lipinski definition) is 7. The first-order valence-corrected chi connectivity index (χ1v) is 12.9. The smallest absolute Gasteiger partial charge is 0.255 e. The topological polar surface area (TPSA) is 118 Å². The number of aryl methyl sites for hydroxylation is 1. The van der Waals surface area contributed by atoms with E-state index in [-0.39, 0.29) is 5.91 Å². The molecule has 3 heterocycles. The Balaban J connectivity index is 1.57. The summed E-state index contributed by atoms with van der Waals surface area (Å²) in [6.45, 7) is 8.51. The lowest BCUT2D eigenvalue weighted by Gasteiger charge is -2.27. The van der Waals surface area contributed by atoms with Crippen LogP contribution in [0.15, 0.2) is 30.5 Å². The number of nitrogens with one attached hydrogen (secondary N) is 2. The van der Waals surface area contributed by atoms with Gasteiger partial charge in [-0.1, -0.05) is 0 Å². The van der Waals surface area contributed by atoms with Crippen molar-refractivity contribution in [2.75, 3.05) is 24.5 Å². The van der Waals surface area contributed by atoms with E-state index in [0.717, 1.165) is 66.9 Å². The monoisotopic (exact) mass is 493 g/mol. The Morgan fingerprint density at radius 2 is 1.86 bits per heavy atom. The van der Waals surface area contributed by atoms with E-state index < -0.39 is 6.04 Å². The van der Waals surface area contributed by atoms with E-state index in [1.807, 2.05) is 13.8 Å². The zero-order valence-electron chi connectivity index (χ0n) is 21.5. The van der Waals surface area contributed by atoms with E-state index in [4.69, 9.17) is 9.97 Å². The zero-order chi connectivity index (χ0) is 26.1. The molecule has 2 N–H and O–H groups in total. The molecule has 2 fully saturated rings. The van der Waals surface area contributed by atoms with Gasteiger partial charge in [-0.25, -0.2) is 0 Å². The maximum absolute atomic E-state index is 13.8. The minimum atomic E-state index is -0.400. The third-order valence-corrected chi connectivity index (χ3v) is 7.27. The fourth-order valence-corrected chi connectivity index (χ4v) is 5.11. The van der Waals surface area contributed by atoms with Gasteiger partial charge in [-0.05, 0) is 69.9 Å². The molecular weight excluding hydrogens is 462 g/mol. The summed E-state index contributed by atoms with van der Waals surface area (Å²) in [5.74, 6) is 0.209. The number of carbonyl (C=O) groups excluding carboxylic acids is 1. The second-order valence-corrected chi connectivity index (χ2v) is 10.2. The molecule has 0 spiro atoms. The summed E-state index contributed by atoms with van der Waals surface area (Å²) in [6.07, 6.45) is 4.91. The largest absolute Gasteiger partial charge is 0.369 e. The minimum absolute atomic E-state index is 0.231. The Bertz CT molecular complexity index is 1420. The molecule has 0 unspecified atom stereocenters. The Labute approximate surface area is 217 Å². The SMILES string of the molecule is Cc1cc2c(N3CCN[C@H](C)CC3)c(C(=O)N[C@@H](C)c3cc(C#N)cc(C#N)c3)cnc2c(C2CC2)n1. The average Bonchev–Trinajstić information content (AvgIpc) is 3.75. The second-order valence-electron chi connectivity index (χ2n) is 10.2. The summed E-state index contributed by atoms with van der Waals surface area (Å²) in [7, 11) is 0. The van der Waals surface area contributed by atoms with Crippen molar-refractivity contribution in [3.8, 4) is 12.1 Å². The van der Waals surface area contributed by atoms with Crippen LogP contribution >= 0.6 is 0 Å². The van der Waals surface area contributed by atoms with E-state index in [2.05, 4.69) is 40.7 Å². The van der Waals surface area contributed by atoms with Crippen LogP contribution in [0.5, 0.6) is 0 Å². The van der Waals surface area contributed by atoms with Crippen LogP contribution in [0.25, 0.3) is 10.9 Å². The highest BCUT2D eigenvalue weighted by Crippen LogP contribution is 2.43. The van der Waals surface area contributed by atoms with Crippen LogP contribution in [0, 0.1) is 29.6 Å². The van der Waals surface area contributed by atoms with Crippen molar-refractivity contribution in [3.05, 3.63) is 64.1 Å². The van der Waals surface area contributed by atoms with Crippen molar-refractivity contribution in [2.45, 2.75) is 58.0 Å². The van der Waals surface area contributed by atoms with Gasteiger partial charge in [-0.15, -0.1) is 0 Å². The number of amides is 1. The van der Waals surface area contributed by atoms with Gasteiger partial charge in [0.05, 0.1) is 51.8 Å². The van der Waals surface area contributed by atoms with Crippen LogP contribution in [-0.4, -0.2) is 41.6 Å². The number of nitriles is 2. The number of hydrogen-bond donors (Lipinski definition) is 2. The summed E-state index contributed by atoms with van der Waals surface area (Å²) < 4.78 is 0. The van der Waals surface area contributed by atoms with Crippen molar-refractivity contribution in [1.29, 1.82) is 10.5 Å². The molecule has 1 saturated heterocycles. The molecule has 8 heteroatoms. The quantitative estimate of drug-likeness (QED) is 0.546. The Hall–Kier alpha value is -4.01. The number of anilines is 1. The molecule has 1 amide bonds. The molecular formula is C29H31N7O. The normalized spacial score (nSPS) is 18.5. The van der Waals surface area contributed by atoms with Gasteiger partial charge < -0.3 is 15.5 Å². The van der Waals surface area contributed by atoms with Crippen LogP contribution in [-0.2, 0) is 0 Å². The highest BCUT2D eigenvalue weighted by atomic mass is 16.1. The number of carbonyl (C=O) groups is 1. The van der Waals surface area contributed by atoms with E-state index >= 15 is 0 Å². The maximum Gasteiger partial charge on any atom is 0.255 e. The molecule has 5 rings (SSSR count). The molecule has 1 saturated carbocycles. The van der Waals surface area contributed by atoms with Crippen molar-refractivity contribution >= 4 is 22.5 Å². The molecule has 3 aromatic rings. The van der Waals surface area contributed by atoms with Crippen LogP contribution < -0.4 is 15.5 Å². The summed E-state index contributed by atoms with van der Waals surface area (Å²) in [5.41, 5.74) is 5.79. The number of aromatic nitrogens is 2. The van der Waals surface area contributed by atoms with E-state index in [9.17, 15) is 15.3 Å². The first-order chi connectivity index (χ1) is 17.9. The van der Waals surface area contributed by atoms with Gasteiger partial charge in [-0.2, -0.15) is 10.5 Å². The van der Waals surface area contributed by atoms with Crippen molar-refractivity contribution in [1.82, 2.24) is 20.6 Å². The third-order valence-electron chi connectivity index (χ3n) is 7.27. The Morgan fingerprint density at radius 3 is 2.54 bits per heavy atom. The Kier molecular flexibility index (Phi) is 6.78. The lowest BCUT2D eigenvalue weighted by Crippen LogP contribution is -2.33. The van der Waals surface area contributed by atoms with Crippen LogP contribution in [0.4, 0.5) is 5.69 Å². The van der Waals surface area contributed by atoms with Crippen LogP contribution in [0.2, 0.25) is 0 Å². The fourth-order valence-electron chi connectivity index (χ4n) is 5.11. The number of pyridine rings is 2. The van der Waals surface area contributed by atoms with Gasteiger partial charge in [-0.3, -0.25) is 14.8 Å². The third kappa shape index (κ3) is 5.12. The molecule has 1 aliphatic heterocycles. The zero-order valence-corrected chi connectivity index (χ0v) is 21.5. The molecule has 0 radical (unpaired) electrons. The highest BCUT2D eigenvalue weighted by molar-refractivity contribution is 6.08. The molecule has 1 aromatic carbocycles. The Morgan fingerprint density at radius 1 is 1.14 bits per heavy atom. The molecule has 8 nitrogen and oxygen atoms in total. The summed E-state index contributed by atoms with van der Waals surface area (Å²) in [6, 6.07) is 11.2. The van der Waals surface area contributed by atoms with Crippen molar-refractivity contribution < 1.29 is 4.79 Å². The molecule has 1 aliphatic carbocycles. The molecule has 0 bridgehead atoms. The van der Waals surface area contributed by atoms with E-state index in [1.54, 1.807) is 24.4 Å². The number of benzene rings is 1. The van der Waals surface area contributed by atoms with Gasteiger partial charge >= 0.3 is 0 Å². The number of fused-ring (bicyclic) bond motifs is 1. The van der Waals surface area contributed by atoms with Crippen LogP contribution in [0.3, 0.4) is 0 Å². The summed E-state index contributed by atoms with van der Waals surface area (Å²) in [5, 5.41) is 26.3. The highest BCUT2D eigenvalue weighted by Gasteiger charge is 2.31. The van der Waals surface area contributed by atoms with Crippen molar-refractivity contribution in [2.24, 2.45) is 0 Å². The number of rotatable bonds is 5. The summed E-state index contributed by atoms with van der Waals surface area (Å²) in [4.78, 5) is 25.7. The van der Waals surface area contributed by atoms with Gasteiger partial charge in [0.15, 0.2) is 0 Å². The lowest BCUT2D eigenvalue weighted by molar-refractivity contribution is 0.0940. The first kappa shape index (κ1) is 24.7. The van der Waals surface area contributed by atoms with Gasteiger partial charge in [0.25, 0.3) is 5.91 Å². The maximum atomic E-state index is 13.8. The standard InChI is InChI=1S/C29H31N7O/c1-17-6-8-36(9-7-32-17)28-24-10-18(2)34-26(22-4-5-22)27(24)33-16-25(28)29(37)35-19(3)23-12-20(14-30)11-21(13-23)15-31/h10-13,16-17,19,22,32H,4-9H2,1-3H3,(H,35,37)/t17-,19+/m1/s1. The minimum Gasteiger partial charge on any atom is -0.369 e. The van der Waals surface area contributed by atoms with Gasteiger partial charge in [0, 0.05) is 48.9 Å². The van der Waals surface area contributed by atoms with E-state index in [0.29, 0.717) is 34.2 Å². The van der Waals surface area contributed by atoms with Gasteiger partial charge in [0.2, 0.25) is 0 Å². The molecule has 2 atom stereocenters. The van der Waals surface area contributed by atoms with Crippen LogP contribution in [0.1, 0.15) is 83.5 Å². The second kappa shape index (κ2) is 10.2. The fraction of sp³-hybridized carbons (Fsp3) is 0.414. The number of nitrogens with zero attached hydrogens (tertiary/aromatic N) is 5. The van der Waals surface area contributed by atoms with Gasteiger partial charge in [0.1, 0.15) is 0 Å². The molecule has 2 aromatic heterocycles. The predicted molar refractivity (Wildman–Crippen MR) is 142 cm³/mol. The van der Waals surface area contributed by atoms with Crippen molar-refractivity contribution in [3.63, 3.8) is 0 Å². The molecule has 2 aliphatic rings. The molecule has 188 valence electrons. The predicted octanol–water partition coefficient (Wildman–Crippen LogP) is 4.24. The molecule has 37 heavy (non-hydrogen) atoms. The first-order valence-electron chi connectivity index (χ1n) is 12.9. The summed E-state index contributed by atoms with van der Waals surface area (Å²) >= 11 is 0. The lowest BCUT2D eigenvalue weighted by atomic mass is 10.0. The van der Waals surface area contributed by atoms with E-state index in [1.165, 1.54) is 0 Å².